The molecule has 2 rings (SSSR count). The Labute approximate surface area is 177 Å². The summed E-state index contributed by atoms with van der Waals surface area (Å²) >= 11 is 0.535. The number of unbranched alkanes of at least 4 members (excludes halogenated alkanes) is 1. The second kappa shape index (κ2) is 9.42. The molecule has 0 saturated heterocycles. The van der Waals surface area contributed by atoms with E-state index in [0.717, 1.165) is 4.31 Å². The van der Waals surface area contributed by atoms with Crippen molar-refractivity contribution in [1.82, 2.24) is 9.21 Å². The Kier molecular flexibility index (Phi) is 7.62. The van der Waals surface area contributed by atoms with Crippen molar-refractivity contribution < 1.29 is 36.3 Å². The molecule has 0 aromatic carbocycles. The molecule has 0 fully saturated rings. The van der Waals surface area contributed by atoms with E-state index < -0.39 is 37.3 Å². The quantitative estimate of drug-likeness (QED) is 0.296. The first-order chi connectivity index (χ1) is 13.9. The lowest BCUT2D eigenvalue weighted by Gasteiger charge is -2.36. The highest BCUT2D eigenvalue weighted by molar-refractivity contribution is 7.94. The van der Waals surface area contributed by atoms with Crippen LogP contribution in [0.2, 0.25) is 0 Å². The van der Waals surface area contributed by atoms with Crippen LogP contribution in [0.15, 0.2) is 14.5 Å². The summed E-state index contributed by atoms with van der Waals surface area (Å²) in [5, 5.41) is 14.3. The minimum absolute atomic E-state index is 0.0177. The molecule has 170 valence electrons. The molecule has 0 saturated carbocycles. The predicted molar refractivity (Wildman–Crippen MR) is 104 cm³/mol. The van der Waals surface area contributed by atoms with Gasteiger partial charge in [0.1, 0.15) is 8.42 Å². The number of ether oxygens (including phenoxy) is 1. The molecule has 1 aliphatic rings. The van der Waals surface area contributed by atoms with Crippen molar-refractivity contribution in [1.29, 1.82) is 0 Å². The molecule has 1 aromatic heterocycles. The zero-order valence-electron chi connectivity index (χ0n) is 16.2. The summed E-state index contributed by atoms with van der Waals surface area (Å²) in [6.45, 7) is 1.61. The van der Waals surface area contributed by atoms with Crippen molar-refractivity contribution in [3.05, 3.63) is 21.7 Å². The minimum atomic E-state index is -4.13. The maximum atomic E-state index is 12.6. The highest BCUT2D eigenvalue weighted by Crippen LogP contribution is 2.41. The topological polar surface area (TPSA) is 179 Å². The first-order valence-corrected chi connectivity index (χ1v) is 12.5. The molecule has 0 radical (unpaired) electrons. The molecule has 2 N–H and O–H groups in total. The number of rotatable bonds is 9. The van der Waals surface area contributed by atoms with Crippen molar-refractivity contribution in [2.24, 2.45) is 5.14 Å². The van der Waals surface area contributed by atoms with E-state index >= 15 is 0 Å². The average Bonchev–Trinajstić information content (AvgIpc) is 3.10. The maximum Gasteiger partial charge on any atom is 0.410 e. The van der Waals surface area contributed by atoms with Crippen molar-refractivity contribution in [2.45, 2.75) is 34.2 Å². The van der Waals surface area contributed by atoms with Crippen LogP contribution in [-0.2, 0) is 29.6 Å². The summed E-state index contributed by atoms with van der Waals surface area (Å²) in [4.78, 5) is 28.1. The Morgan fingerprint density at radius 2 is 2.07 bits per heavy atom. The van der Waals surface area contributed by atoms with Gasteiger partial charge >= 0.3 is 6.09 Å². The van der Waals surface area contributed by atoms with Gasteiger partial charge in [-0.25, -0.2) is 26.8 Å². The fourth-order valence-electron chi connectivity index (χ4n) is 2.85. The number of nitrogens with zero attached hydrogens (tertiary/aromatic N) is 3. The fourth-order valence-corrected chi connectivity index (χ4v) is 6.88. The Bertz CT molecular complexity index is 1010. The minimum Gasteiger partial charge on any atom is -0.449 e. The van der Waals surface area contributed by atoms with Crippen LogP contribution in [0, 0.1) is 10.1 Å². The number of likely N-dealkylation sites (N-methyl/N-ethyl adjacent to an activating group) is 2. The number of primary sulfonamides is 1. The van der Waals surface area contributed by atoms with E-state index in [9.17, 15) is 31.7 Å². The lowest BCUT2D eigenvalue weighted by Crippen LogP contribution is -2.45. The van der Waals surface area contributed by atoms with Gasteiger partial charge < -0.3 is 14.5 Å². The molecular weight excluding hydrogens is 464 g/mol. The predicted octanol–water partition coefficient (Wildman–Crippen LogP) is 0.518. The van der Waals surface area contributed by atoms with Crippen LogP contribution in [0.3, 0.4) is 0 Å². The lowest BCUT2D eigenvalue weighted by molar-refractivity contribution is -0.757. The molecule has 2 heterocycles. The summed E-state index contributed by atoms with van der Waals surface area (Å²) in [5.41, 5.74) is 0.167. The summed E-state index contributed by atoms with van der Waals surface area (Å²) < 4.78 is 54.3. The van der Waals surface area contributed by atoms with Crippen LogP contribution in [0.4, 0.5) is 4.79 Å². The Morgan fingerprint density at radius 1 is 1.43 bits per heavy atom. The molecule has 0 bridgehead atoms. The number of carbonyl (C=O) groups excluding carboxylic acids is 1. The van der Waals surface area contributed by atoms with E-state index in [0.29, 0.717) is 24.2 Å². The van der Waals surface area contributed by atoms with Gasteiger partial charge in [-0.1, -0.05) is 0 Å². The number of thiophene rings is 1. The van der Waals surface area contributed by atoms with Crippen LogP contribution in [0.1, 0.15) is 31.4 Å². The van der Waals surface area contributed by atoms with E-state index in [1.54, 1.807) is 6.92 Å². The van der Waals surface area contributed by atoms with Crippen molar-refractivity contribution in [3.8, 4) is 0 Å². The van der Waals surface area contributed by atoms with E-state index in [4.69, 9.17) is 9.88 Å². The Hall–Kier alpha value is -2.01. The molecule has 1 atom stereocenters. The van der Waals surface area contributed by atoms with Crippen molar-refractivity contribution in [3.63, 3.8) is 0 Å². The molecule has 0 spiro atoms. The summed E-state index contributed by atoms with van der Waals surface area (Å²) in [7, 11) is -6.71. The van der Waals surface area contributed by atoms with Gasteiger partial charge in [-0.15, -0.1) is 21.5 Å². The van der Waals surface area contributed by atoms with Crippen LogP contribution in [0.5, 0.6) is 0 Å². The third-order valence-electron chi connectivity index (χ3n) is 4.33. The Morgan fingerprint density at radius 3 is 2.63 bits per heavy atom. The van der Waals surface area contributed by atoms with E-state index in [1.165, 1.54) is 18.0 Å². The number of nitrogens with two attached hydrogens (primary N) is 1. The number of fused-ring (bicyclic) bond motifs is 1. The van der Waals surface area contributed by atoms with Gasteiger partial charge in [0.25, 0.3) is 15.1 Å². The standard InChI is InChI=1S/C14H22N4O9S3/c1-3-17(14(19)26-6-4-5-7-27-18(20)21)11-9-16(2)30(24,25)13-10(11)8-12(28-13)29(15,22)23/h8,11H,3-7,9H2,1-2H3,(H2,15,22,23)/t11-/m0/s1. The number of hydrogen-bond donors (Lipinski definition) is 1. The fraction of sp³-hybridized carbons (Fsp3) is 0.643. The number of sulfonamides is 2. The van der Waals surface area contributed by atoms with E-state index in [-0.39, 0.29) is 40.3 Å². The average molecular weight is 487 g/mol. The van der Waals surface area contributed by atoms with Gasteiger partial charge in [0, 0.05) is 25.7 Å². The molecule has 13 nitrogen and oxygen atoms in total. The van der Waals surface area contributed by atoms with Crippen LogP contribution in [0.25, 0.3) is 0 Å². The third kappa shape index (κ3) is 5.37. The van der Waals surface area contributed by atoms with E-state index in [2.05, 4.69) is 4.84 Å². The zero-order valence-corrected chi connectivity index (χ0v) is 18.7. The molecule has 16 heteroatoms. The highest BCUT2D eigenvalue weighted by atomic mass is 32.3. The molecule has 1 aliphatic heterocycles. The molecule has 0 aliphatic carbocycles. The van der Waals surface area contributed by atoms with Crippen LogP contribution >= 0.6 is 11.3 Å². The maximum absolute atomic E-state index is 12.6. The number of hydrogen-bond acceptors (Lipinski definition) is 10. The largest absolute Gasteiger partial charge is 0.449 e. The van der Waals surface area contributed by atoms with Crippen molar-refractivity contribution >= 4 is 37.5 Å². The monoisotopic (exact) mass is 486 g/mol. The zero-order chi connectivity index (χ0) is 22.7. The molecule has 1 aromatic rings. The molecule has 1 amide bonds. The van der Waals surface area contributed by atoms with Crippen molar-refractivity contribution in [2.75, 3.05) is 33.4 Å². The van der Waals surface area contributed by atoms with Gasteiger partial charge in [0.2, 0.25) is 10.0 Å². The lowest BCUT2D eigenvalue weighted by atomic mass is 10.1. The summed E-state index contributed by atoms with van der Waals surface area (Å²) in [6, 6.07) is 0.408. The number of carbonyl (C=O) groups is 1. The molecular formula is C14H22N4O9S3. The van der Waals surface area contributed by atoms with Gasteiger partial charge in [0.15, 0.2) is 0 Å². The van der Waals surface area contributed by atoms with Crippen LogP contribution in [-0.4, -0.2) is 70.6 Å². The SMILES string of the molecule is CCN(C(=O)OCCCCO[N+](=O)[O-])[C@H]1CN(C)S(=O)(=O)c2sc(S(N)(=O)=O)cc21. The van der Waals surface area contributed by atoms with Gasteiger partial charge in [-0.3, -0.25) is 0 Å². The Balaban J connectivity index is 2.19. The first kappa shape index (κ1) is 24.3. The summed E-state index contributed by atoms with van der Waals surface area (Å²) in [6.07, 6.45) is -0.0910. The van der Waals surface area contributed by atoms with Gasteiger partial charge in [-0.2, -0.15) is 4.31 Å². The molecule has 30 heavy (non-hydrogen) atoms. The first-order valence-electron chi connectivity index (χ1n) is 8.73. The second-order valence-corrected chi connectivity index (χ2v) is 11.4. The smallest absolute Gasteiger partial charge is 0.410 e. The number of amides is 1. The normalized spacial score (nSPS) is 18.4. The van der Waals surface area contributed by atoms with Gasteiger partial charge in [-0.05, 0) is 25.8 Å². The molecule has 0 unspecified atom stereocenters. The summed E-state index contributed by atoms with van der Waals surface area (Å²) in [5.74, 6) is 0. The van der Waals surface area contributed by atoms with Crippen LogP contribution < -0.4 is 5.14 Å². The second-order valence-electron chi connectivity index (χ2n) is 6.32. The highest BCUT2D eigenvalue weighted by Gasteiger charge is 2.41. The third-order valence-corrected chi connectivity index (χ3v) is 9.25. The van der Waals surface area contributed by atoms with E-state index in [1.807, 2.05) is 0 Å². The van der Waals surface area contributed by atoms with Gasteiger partial charge in [0.05, 0.1) is 19.3 Å².